The lowest BCUT2D eigenvalue weighted by molar-refractivity contribution is -0.254. The van der Waals surface area contributed by atoms with E-state index < -0.39 is 40.2 Å². The first-order chi connectivity index (χ1) is 15.9. The number of furan rings is 1. The van der Waals surface area contributed by atoms with Gasteiger partial charge in [-0.2, -0.15) is 26.3 Å². The fourth-order valence-electron chi connectivity index (χ4n) is 4.41. The lowest BCUT2D eigenvalue weighted by Gasteiger charge is -2.26. The Morgan fingerprint density at radius 2 is 1.50 bits per heavy atom. The number of nitrogens with zero attached hydrogens (tertiary/aromatic N) is 2. The third-order valence-electron chi connectivity index (χ3n) is 5.96. The number of allylic oxidation sites excluding steroid dienone is 2. The van der Waals surface area contributed by atoms with Crippen molar-refractivity contribution < 1.29 is 30.8 Å². The van der Waals surface area contributed by atoms with Crippen molar-refractivity contribution in [2.75, 3.05) is 0 Å². The molecule has 3 nitrogen and oxygen atoms in total. The highest BCUT2D eigenvalue weighted by molar-refractivity contribution is 7.13. The lowest BCUT2D eigenvalue weighted by Crippen LogP contribution is -2.49. The number of aryl methyl sites for hydroxylation is 3. The summed E-state index contributed by atoms with van der Waals surface area (Å²) in [4.78, 5) is 8.31. The van der Waals surface area contributed by atoms with Crippen molar-refractivity contribution in [2.45, 2.75) is 38.5 Å². The topological polar surface area (TPSA) is 38.9 Å². The molecule has 1 aromatic carbocycles. The van der Waals surface area contributed by atoms with Gasteiger partial charge < -0.3 is 4.42 Å². The number of hydrogen-bond donors (Lipinski definition) is 0. The van der Waals surface area contributed by atoms with Gasteiger partial charge in [-0.25, -0.2) is 9.97 Å². The van der Waals surface area contributed by atoms with Crippen molar-refractivity contribution in [2.24, 2.45) is 0 Å². The molecule has 3 aromatic heterocycles. The van der Waals surface area contributed by atoms with Gasteiger partial charge in [-0.1, -0.05) is 24.3 Å². The van der Waals surface area contributed by atoms with Gasteiger partial charge in [0, 0.05) is 22.5 Å². The minimum atomic E-state index is -5.68. The molecule has 0 amide bonds. The number of aromatic nitrogens is 2. The molecule has 10 heteroatoms. The van der Waals surface area contributed by atoms with E-state index in [-0.39, 0.29) is 28.0 Å². The number of halogens is 6. The zero-order chi connectivity index (χ0) is 24.6. The average molecular weight is 494 g/mol. The molecule has 0 atom stereocenters. The smallest absolute Gasteiger partial charge is 0.380 e. The summed E-state index contributed by atoms with van der Waals surface area (Å²) in [7, 11) is 0. The Hall–Kier alpha value is -3.14. The molecule has 0 fully saturated rings. The number of alkyl halides is 6. The molecular formula is C24H16F6N2OS. The van der Waals surface area contributed by atoms with Crippen LogP contribution in [0, 0.1) is 20.8 Å². The van der Waals surface area contributed by atoms with Gasteiger partial charge in [0.15, 0.2) is 0 Å². The zero-order valence-electron chi connectivity index (χ0n) is 18.0. The van der Waals surface area contributed by atoms with Gasteiger partial charge in [0.05, 0.1) is 16.8 Å². The second-order valence-corrected chi connectivity index (χ2v) is 9.05. The molecule has 0 aliphatic heterocycles. The standard InChI is InChI=1S/C24H16F6N2OS/c1-11-10-12(2)20(21-31-8-9-34-21)32-19(11)18-17(22(25,26)24(29,30)23(18,27)28)16-13(3)33-15-7-5-4-6-14(15)16/h4-10H,1-3H3. The van der Waals surface area contributed by atoms with E-state index in [1.807, 2.05) is 0 Å². The van der Waals surface area contributed by atoms with Crippen molar-refractivity contribution in [3.05, 3.63) is 70.1 Å². The molecule has 0 saturated carbocycles. The number of thiazole rings is 1. The predicted molar refractivity (Wildman–Crippen MR) is 117 cm³/mol. The number of fused-ring (bicyclic) bond motifs is 1. The Balaban J connectivity index is 1.93. The van der Waals surface area contributed by atoms with Crippen LogP contribution in [0.4, 0.5) is 26.3 Å². The lowest BCUT2D eigenvalue weighted by atomic mass is 9.93. The fraction of sp³-hybridized carbons (Fsp3) is 0.250. The maximum atomic E-state index is 15.3. The monoisotopic (exact) mass is 494 g/mol. The van der Waals surface area contributed by atoms with Gasteiger partial charge >= 0.3 is 17.8 Å². The van der Waals surface area contributed by atoms with Crippen LogP contribution >= 0.6 is 11.3 Å². The number of pyridine rings is 1. The van der Waals surface area contributed by atoms with Crippen LogP contribution in [-0.2, 0) is 0 Å². The van der Waals surface area contributed by atoms with E-state index in [9.17, 15) is 8.78 Å². The van der Waals surface area contributed by atoms with Gasteiger partial charge in [-0.3, -0.25) is 0 Å². The second kappa shape index (κ2) is 7.18. The minimum absolute atomic E-state index is 0.0330. The van der Waals surface area contributed by atoms with Crippen molar-refractivity contribution in [3.8, 4) is 10.7 Å². The highest BCUT2D eigenvalue weighted by atomic mass is 32.1. The average Bonchev–Trinajstić information content (AvgIpc) is 3.41. The Bertz CT molecular complexity index is 1470. The van der Waals surface area contributed by atoms with E-state index in [4.69, 9.17) is 4.42 Å². The molecule has 34 heavy (non-hydrogen) atoms. The van der Waals surface area contributed by atoms with E-state index in [0.717, 1.165) is 11.3 Å². The third kappa shape index (κ3) is 2.84. The quantitative estimate of drug-likeness (QED) is 0.274. The SMILES string of the molecule is Cc1cc(C)c(-c2nccs2)nc1C1=C(c2c(C)oc3ccccc23)C(F)(F)C(F)(F)C1(F)F. The molecule has 4 aromatic rings. The van der Waals surface area contributed by atoms with Crippen molar-refractivity contribution >= 4 is 33.5 Å². The Morgan fingerprint density at radius 3 is 2.18 bits per heavy atom. The molecule has 3 heterocycles. The summed E-state index contributed by atoms with van der Waals surface area (Å²) in [5.74, 6) is -16.3. The fourth-order valence-corrected chi connectivity index (χ4v) is 5.10. The first kappa shape index (κ1) is 22.6. The molecule has 5 rings (SSSR count). The molecule has 0 saturated heterocycles. The number of para-hydroxylation sites is 1. The van der Waals surface area contributed by atoms with Crippen LogP contribution in [0.2, 0.25) is 0 Å². The van der Waals surface area contributed by atoms with Gasteiger partial charge in [0.2, 0.25) is 0 Å². The molecule has 1 aliphatic carbocycles. The first-order valence-corrected chi connectivity index (χ1v) is 11.0. The van der Waals surface area contributed by atoms with Gasteiger partial charge in [-0.05, 0) is 38.0 Å². The van der Waals surface area contributed by atoms with Crippen molar-refractivity contribution in [1.82, 2.24) is 9.97 Å². The molecule has 0 N–H and O–H groups in total. The molecule has 0 radical (unpaired) electrons. The molecular weight excluding hydrogens is 478 g/mol. The highest BCUT2D eigenvalue weighted by Gasteiger charge is 2.81. The van der Waals surface area contributed by atoms with E-state index in [2.05, 4.69) is 9.97 Å². The molecule has 1 aliphatic rings. The third-order valence-corrected chi connectivity index (χ3v) is 6.74. The zero-order valence-corrected chi connectivity index (χ0v) is 18.8. The second-order valence-electron chi connectivity index (χ2n) is 8.16. The summed E-state index contributed by atoms with van der Waals surface area (Å²) >= 11 is 1.16. The predicted octanol–water partition coefficient (Wildman–Crippen LogP) is 7.71. The van der Waals surface area contributed by atoms with Crippen molar-refractivity contribution in [3.63, 3.8) is 0 Å². The van der Waals surface area contributed by atoms with Crippen LogP contribution in [0.5, 0.6) is 0 Å². The van der Waals surface area contributed by atoms with Crippen LogP contribution in [0.25, 0.3) is 32.8 Å². The van der Waals surface area contributed by atoms with Crippen molar-refractivity contribution in [1.29, 1.82) is 0 Å². The van der Waals surface area contributed by atoms with Gasteiger partial charge in [-0.15, -0.1) is 11.3 Å². The van der Waals surface area contributed by atoms with E-state index >= 15 is 17.6 Å². The van der Waals surface area contributed by atoms with Crippen LogP contribution in [-0.4, -0.2) is 27.7 Å². The molecule has 0 unspecified atom stereocenters. The molecule has 176 valence electrons. The van der Waals surface area contributed by atoms with Crippen LogP contribution in [0.15, 0.2) is 46.3 Å². The summed E-state index contributed by atoms with van der Waals surface area (Å²) in [6.45, 7) is 4.30. The molecule has 0 bridgehead atoms. The normalized spacial score (nSPS) is 18.7. The summed E-state index contributed by atoms with van der Waals surface area (Å²) in [5, 5.41) is 2.02. The van der Waals surface area contributed by atoms with Crippen LogP contribution in [0.1, 0.15) is 28.1 Å². The highest BCUT2D eigenvalue weighted by Crippen LogP contribution is 2.65. The van der Waals surface area contributed by atoms with Crippen LogP contribution in [0.3, 0.4) is 0 Å². The van der Waals surface area contributed by atoms with Gasteiger partial charge in [0.1, 0.15) is 22.0 Å². The first-order valence-electron chi connectivity index (χ1n) is 10.1. The number of hydrogen-bond acceptors (Lipinski definition) is 4. The van der Waals surface area contributed by atoms with Crippen LogP contribution < -0.4 is 0 Å². The summed E-state index contributed by atoms with van der Waals surface area (Å²) in [6, 6.07) is 7.32. The largest absolute Gasteiger partial charge is 0.461 e. The Kier molecular flexibility index (Phi) is 4.78. The maximum Gasteiger partial charge on any atom is 0.380 e. The van der Waals surface area contributed by atoms with E-state index in [1.165, 1.54) is 44.3 Å². The molecule has 0 spiro atoms. The maximum absolute atomic E-state index is 15.3. The van der Waals surface area contributed by atoms with E-state index in [0.29, 0.717) is 10.6 Å². The van der Waals surface area contributed by atoms with E-state index in [1.54, 1.807) is 18.4 Å². The minimum Gasteiger partial charge on any atom is -0.461 e. The Labute approximate surface area is 193 Å². The van der Waals surface area contributed by atoms with Gasteiger partial charge in [0.25, 0.3) is 0 Å². The number of benzene rings is 1. The summed E-state index contributed by atoms with van der Waals surface area (Å²) < 4.78 is 96.3. The summed E-state index contributed by atoms with van der Waals surface area (Å²) in [6.07, 6.45) is 1.47. The summed E-state index contributed by atoms with van der Waals surface area (Å²) in [5.41, 5.74) is -3.21. The number of rotatable bonds is 3. The Morgan fingerprint density at radius 1 is 0.853 bits per heavy atom.